The number of pyridine rings is 1. The number of ketones is 1. The molecule has 0 spiro atoms. The minimum Gasteiger partial charge on any atom is -0.293 e. The van der Waals surface area contributed by atoms with E-state index in [-0.39, 0.29) is 17.0 Å². The predicted octanol–water partition coefficient (Wildman–Crippen LogP) is 4.70. The van der Waals surface area contributed by atoms with Gasteiger partial charge in [-0.05, 0) is 30.3 Å². The molecule has 134 valence electrons. The van der Waals surface area contributed by atoms with Crippen LogP contribution >= 0.6 is 15.9 Å². The number of halogens is 3. The van der Waals surface area contributed by atoms with Crippen molar-refractivity contribution in [2.45, 2.75) is 6.92 Å². The Labute approximate surface area is 160 Å². The second-order valence-electron chi connectivity index (χ2n) is 5.90. The third-order valence-electron chi connectivity index (χ3n) is 4.00. The molecule has 5 nitrogen and oxygen atoms in total. The van der Waals surface area contributed by atoms with E-state index in [1.807, 2.05) is 0 Å². The quantitative estimate of drug-likeness (QED) is 0.443. The maximum Gasteiger partial charge on any atom is 0.178 e. The first-order chi connectivity index (χ1) is 12.9. The summed E-state index contributed by atoms with van der Waals surface area (Å²) in [4.78, 5) is 20.0. The first kappa shape index (κ1) is 17.4. The van der Waals surface area contributed by atoms with Gasteiger partial charge >= 0.3 is 0 Å². The summed E-state index contributed by atoms with van der Waals surface area (Å²) >= 11 is 3.22. The van der Waals surface area contributed by atoms with E-state index in [2.05, 4.69) is 31.0 Å². The van der Waals surface area contributed by atoms with E-state index in [9.17, 15) is 13.6 Å². The van der Waals surface area contributed by atoms with E-state index in [0.717, 1.165) is 6.20 Å². The number of aromatic nitrogens is 4. The molecule has 0 saturated carbocycles. The number of hydrogen-bond acceptors (Lipinski definition) is 4. The summed E-state index contributed by atoms with van der Waals surface area (Å²) in [5, 5.41) is 4.42. The Balaban J connectivity index is 1.99. The number of nitrogens with zero attached hydrogens (tertiary/aromatic N) is 4. The van der Waals surface area contributed by atoms with Crippen molar-refractivity contribution >= 4 is 27.4 Å². The molecule has 0 radical (unpaired) electrons. The first-order valence-corrected chi connectivity index (χ1v) is 8.70. The van der Waals surface area contributed by atoms with E-state index in [0.29, 0.717) is 27.1 Å². The van der Waals surface area contributed by atoms with Crippen LogP contribution in [0, 0.1) is 11.6 Å². The molecular formula is C19H11BrF2N4O. The molecule has 4 aromatic rings. The van der Waals surface area contributed by atoms with Crippen LogP contribution < -0.4 is 0 Å². The summed E-state index contributed by atoms with van der Waals surface area (Å²) in [6, 6.07) is 9.01. The van der Waals surface area contributed by atoms with E-state index >= 15 is 0 Å². The highest BCUT2D eigenvalue weighted by atomic mass is 79.9. The lowest BCUT2D eigenvalue weighted by Crippen LogP contribution is -2.04. The summed E-state index contributed by atoms with van der Waals surface area (Å²) in [5.41, 5.74) is 2.04. The highest BCUT2D eigenvalue weighted by molar-refractivity contribution is 9.10. The molecule has 0 amide bonds. The van der Waals surface area contributed by atoms with Crippen LogP contribution in [0.2, 0.25) is 0 Å². The molecule has 0 aliphatic carbocycles. The third kappa shape index (κ3) is 3.23. The third-order valence-corrected chi connectivity index (χ3v) is 4.49. The normalized spacial score (nSPS) is 11.1. The van der Waals surface area contributed by atoms with Gasteiger partial charge in [0, 0.05) is 34.8 Å². The molecule has 4 rings (SSSR count). The summed E-state index contributed by atoms with van der Waals surface area (Å²) < 4.78 is 30.0. The van der Waals surface area contributed by atoms with E-state index in [1.54, 1.807) is 18.2 Å². The molecule has 3 aromatic heterocycles. The van der Waals surface area contributed by atoms with E-state index in [4.69, 9.17) is 0 Å². The standard InChI is InChI=1S/C19H11BrF2N4O/c1-10(27)16-6-18(11-4-13(21)9-23-8-11)26-19(24-16)7-17(25-26)14-3-2-12(20)5-15(14)22/h2-9H,1H3. The maximum atomic E-state index is 14.3. The molecular weight excluding hydrogens is 418 g/mol. The second-order valence-corrected chi connectivity index (χ2v) is 6.81. The fraction of sp³-hybridized carbons (Fsp3) is 0.0526. The van der Waals surface area contributed by atoms with Crippen molar-refractivity contribution in [1.29, 1.82) is 0 Å². The number of fused-ring (bicyclic) bond motifs is 1. The van der Waals surface area contributed by atoms with Crippen molar-refractivity contribution in [1.82, 2.24) is 19.6 Å². The zero-order chi connectivity index (χ0) is 19.1. The summed E-state index contributed by atoms with van der Waals surface area (Å²) in [5.74, 6) is -1.22. The molecule has 0 N–H and O–H groups in total. The lowest BCUT2D eigenvalue weighted by atomic mass is 10.1. The zero-order valence-corrected chi connectivity index (χ0v) is 15.5. The highest BCUT2D eigenvalue weighted by Gasteiger charge is 2.16. The van der Waals surface area contributed by atoms with Crippen molar-refractivity contribution in [2.75, 3.05) is 0 Å². The average Bonchev–Trinajstić information content (AvgIpc) is 3.04. The number of benzene rings is 1. The molecule has 0 fully saturated rings. The van der Waals surface area contributed by atoms with Crippen LogP contribution in [0.5, 0.6) is 0 Å². The average molecular weight is 429 g/mol. The number of Topliss-reactive ketones (excluding diaryl/α,β-unsaturated/α-hetero) is 1. The predicted molar refractivity (Wildman–Crippen MR) is 99.3 cm³/mol. The number of carbonyl (C=O) groups excluding carboxylic acids is 1. The monoisotopic (exact) mass is 428 g/mol. The molecule has 0 aliphatic rings. The van der Waals surface area contributed by atoms with E-state index < -0.39 is 11.6 Å². The van der Waals surface area contributed by atoms with Gasteiger partial charge in [0.15, 0.2) is 11.4 Å². The fourth-order valence-electron chi connectivity index (χ4n) is 2.74. The van der Waals surface area contributed by atoms with Gasteiger partial charge in [-0.2, -0.15) is 5.10 Å². The Morgan fingerprint density at radius 1 is 1.11 bits per heavy atom. The van der Waals surface area contributed by atoms with Crippen molar-refractivity contribution < 1.29 is 13.6 Å². The topological polar surface area (TPSA) is 60.2 Å². The molecule has 27 heavy (non-hydrogen) atoms. The first-order valence-electron chi connectivity index (χ1n) is 7.90. The second kappa shape index (κ2) is 6.62. The van der Waals surface area contributed by atoms with Crippen molar-refractivity contribution in [3.05, 3.63) is 70.6 Å². The lowest BCUT2D eigenvalue weighted by molar-refractivity contribution is 0.101. The van der Waals surface area contributed by atoms with Gasteiger partial charge in [0.1, 0.15) is 17.3 Å². The smallest absolute Gasteiger partial charge is 0.178 e. The van der Waals surface area contributed by atoms with Crippen LogP contribution in [0.15, 0.2) is 53.3 Å². The minimum atomic E-state index is -0.520. The van der Waals surface area contributed by atoms with Gasteiger partial charge < -0.3 is 0 Å². The zero-order valence-electron chi connectivity index (χ0n) is 13.9. The van der Waals surface area contributed by atoms with Crippen molar-refractivity contribution in [2.24, 2.45) is 0 Å². The van der Waals surface area contributed by atoms with Gasteiger partial charge in [0.2, 0.25) is 0 Å². The fourth-order valence-corrected chi connectivity index (χ4v) is 3.07. The molecule has 0 saturated heterocycles. The number of carbonyl (C=O) groups is 1. The molecule has 0 unspecified atom stereocenters. The van der Waals surface area contributed by atoms with Crippen molar-refractivity contribution in [3.8, 4) is 22.5 Å². The molecule has 0 atom stereocenters. The van der Waals surface area contributed by atoms with Crippen LogP contribution in [0.1, 0.15) is 17.4 Å². The minimum absolute atomic E-state index is 0.199. The summed E-state index contributed by atoms with van der Waals surface area (Å²) in [7, 11) is 0. The van der Waals surface area contributed by atoms with Crippen molar-refractivity contribution in [3.63, 3.8) is 0 Å². The Bertz CT molecular complexity index is 1210. The Morgan fingerprint density at radius 3 is 2.63 bits per heavy atom. The van der Waals surface area contributed by atoms with Crippen LogP contribution in [-0.2, 0) is 0 Å². The van der Waals surface area contributed by atoms with Crippen LogP contribution in [0.4, 0.5) is 8.78 Å². The molecule has 0 bridgehead atoms. The van der Waals surface area contributed by atoms with Gasteiger partial charge in [-0.1, -0.05) is 15.9 Å². The Morgan fingerprint density at radius 2 is 1.93 bits per heavy atom. The highest BCUT2D eigenvalue weighted by Crippen LogP contribution is 2.28. The van der Waals surface area contributed by atoms with Gasteiger partial charge in [0.25, 0.3) is 0 Å². The van der Waals surface area contributed by atoms with Gasteiger partial charge in [-0.25, -0.2) is 18.3 Å². The summed E-state index contributed by atoms with van der Waals surface area (Å²) in [6.07, 6.45) is 2.54. The maximum absolute atomic E-state index is 14.3. The van der Waals surface area contributed by atoms with Crippen LogP contribution in [-0.4, -0.2) is 25.4 Å². The Hall–Kier alpha value is -3.00. The van der Waals surface area contributed by atoms with Crippen LogP contribution in [0.3, 0.4) is 0 Å². The Kier molecular flexibility index (Phi) is 4.27. The molecule has 0 aliphatic heterocycles. The van der Waals surface area contributed by atoms with Gasteiger partial charge in [-0.15, -0.1) is 0 Å². The number of rotatable bonds is 3. The van der Waals surface area contributed by atoms with Gasteiger partial charge in [0.05, 0.1) is 17.6 Å². The molecule has 1 aromatic carbocycles. The largest absolute Gasteiger partial charge is 0.293 e. The SMILES string of the molecule is CC(=O)c1cc(-c2cncc(F)c2)n2nc(-c3ccc(Br)cc3F)cc2n1. The van der Waals surface area contributed by atoms with E-state index in [1.165, 1.54) is 35.8 Å². The molecule has 8 heteroatoms. The van der Waals surface area contributed by atoms with Crippen LogP contribution in [0.25, 0.3) is 28.2 Å². The number of hydrogen-bond donors (Lipinski definition) is 0. The molecule has 3 heterocycles. The summed E-state index contributed by atoms with van der Waals surface area (Å²) in [6.45, 7) is 1.39. The van der Waals surface area contributed by atoms with Gasteiger partial charge in [-0.3, -0.25) is 9.78 Å². The lowest BCUT2D eigenvalue weighted by Gasteiger charge is -2.06.